The lowest BCUT2D eigenvalue weighted by molar-refractivity contribution is 0.287. The summed E-state index contributed by atoms with van der Waals surface area (Å²) in [5, 5.41) is 0. The first-order valence-corrected chi connectivity index (χ1v) is 7.05. The Morgan fingerprint density at radius 1 is 1.05 bits per heavy atom. The molecule has 1 aromatic heterocycles. The first kappa shape index (κ1) is 16.0. The summed E-state index contributed by atoms with van der Waals surface area (Å²) >= 11 is 0. The Kier molecular flexibility index (Phi) is 7.18. The minimum absolute atomic E-state index is 0.516. The highest BCUT2D eigenvalue weighted by atomic mass is 16.5. The molecule has 2 rings (SSSR count). The lowest BCUT2D eigenvalue weighted by atomic mass is 10.2. The molecule has 108 valence electrons. The van der Waals surface area contributed by atoms with Crippen LogP contribution in [0.2, 0.25) is 0 Å². The van der Waals surface area contributed by atoms with Gasteiger partial charge in [0.25, 0.3) is 0 Å². The fraction of sp³-hybridized carbons (Fsp3) is 0.353. The van der Waals surface area contributed by atoms with Crippen LogP contribution >= 0.6 is 0 Å². The van der Waals surface area contributed by atoms with Crippen LogP contribution in [0.3, 0.4) is 0 Å². The van der Waals surface area contributed by atoms with Crippen molar-refractivity contribution in [2.45, 2.75) is 34.3 Å². The van der Waals surface area contributed by atoms with Crippen LogP contribution in [0.4, 0.5) is 0 Å². The minimum atomic E-state index is 0.516. The topological polar surface area (TPSA) is 31.4 Å². The molecule has 0 atom stereocenters. The van der Waals surface area contributed by atoms with Gasteiger partial charge in [-0.05, 0) is 19.4 Å². The molecule has 0 fully saturated rings. The third-order valence-corrected chi connectivity index (χ3v) is 2.56. The summed E-state index contributed by atoms with van der Waals surface area (Å²) in [5.74, 6) is 1.42. The Morgan fingerprint density at radius 2 is 1.75 bits per heavy atom. The van der Waals surface area contributed by atoms with E-state index in [2.05, 4.69) is 4.98 Å². The quantitative estimate of drug-likeness (QED) is 0.809. The van der Waals surface area contributed by atoms with E-state index in [1.165, 1.54) is 0 Å². The predicted molar refractivity (Wildman–Crippen MR) is 82.3 cm³/mol. The zero-order valence-corrected chi connectivity index (χ0v) is 12.7. The average Bonchev–Trinajstić information content (AvgIpc) is 2.51. The maximum Gasteiger partial charge on any atom is 0.217 e. The van der Waals surface area contributed by atoms with E-state index in [1.54, 1.807) is 6.20 Å². The molecule has 0 aliphatic carbocycles. The second kappa shape index (κ2) is 8.97. The van der Waals surface area contributed by atoms with Gasteiger partial charge >= 0.3 is 0 Å². The van der Waals surface area contributed by atoms with E-state index in [4.69, 9.17) is 9.47 Å². The van der Waals surface area contributed by atoms with Crippen molar-refractivity contribution in [3.8, 4) is 11.6 Å². The van der Waals surface area contributed by atoms with Gasteiger partial charge in [0.15, 0.2) is 0 Å². The summed E-state index contributed by atoms with van der Waals surface area (Å²) < 4.78 is 11.2. The van der Waals surface area contributed by atoms with Crippen molar-refractivity contribution in [1.29, 1.82) is 0 Å². The van der Waals surface area contributed by atoms with Gasteiger partial charge in [0.2, 0.25) is 5.88 Å². The van der Waals surface area contributed by atoms with Gasteiger partial charge in [-0.2, -0.15) is 0 Å². The SMILES string of the molecule is CC.CCOc1cc(OCc2ccccc2)ncc1C. The molecule has 0 aliphatic heterocycles. The number of rotatable bonds is 5. The van der Waals surface area contributed by atoms with Gasteiger partial charge in [-0.3, -0.25) is 0 Å². The molecule has 1 heterocycles. The first-order chi connectivity index (χ1) is 9.79. The lowest BCUT2D eigenvalue weighted by Crippen LogP contribution is -1.99. The molecular formula is C17H23NO2. The molecule has 3 heteroatoms. The van der Waals surface area contributed by atoms with E-state index in [1.807, 2.05) is 64.1 Å². The van der Waals surface area contributed by atoms with Crippen LogP contribution < -0.4 is 9.47 Å². The number of nitrogens with zero attached hydrogens (tertiary/aromatic N) is 1. The summed E-state index contributed by atoms with van der Waals surface area (Å²) in [4.78, 5) is 4.23. The molecule has 0 aliphatic rings. The molecular weight excluding hydrogens is 250 g/mol. The van der Waals surface area contributed by atoms with E-state index in [9.17, 15) is 0 Å². The highest BCUT2D eigenvalue weighted by Crippen LogP contribution is 2.22. The lowest BCUT2D eigenvalue weighted by Gasteiger charge is -2.09. The molecule has 0 saturated heterocycles. The molecule has 0 saturated carbocycles. The van der Waals surface area contributed by atoms with Crippen LogP contribution in [0.15, 0.2) is 42.6 Å². The molecule has 0 radical (unpaired) electrons. The highest BCUT2D eigenvalue weighted by molar-refractivity contribution is 5.34. The molecule has 20 heavy (non-hydrogen) atoms. The van der Waals surface area contributed by atoms with Gasteiger partial charge in [-0.25, -0.2) is 4.98 Å². The fourth-order valence-electron chi connectivity index (χ4n) is 1.61. The number of aryl methyl sites for hydroxylation is 1. The van der Waals surface area contributed by atoms with Gasteiger partial charge in [0.05, 0.1) is 6.61 Å². The van der Waals surface area contributed by atoms with Crippen molar-refractivity contribution in [3.63, 3.8) is 0 Å². The number of benzene rings is 1. The Labute approximate surface area is 121 Å². The average molecular weight is 273 g/mol. The van der Waals surface area contributed by atoms with Gasteiger partial charge in [0, 0.05) is 17.8 Å². The third-order valence-electron chi connectivity index (χ3n) is 2.56. The van der Waals surface area contributed by atoms with Gasteiger partial charge < -0.3 is 9.47 Å². The summed E-state index contributed by atoms with van der Waals surface area (Å²) in [6.45, 7) is 9.09. The van der Waals surface area contributed by atoms with Crippen molar-refractivity contribution >= 4 is 0 Å². The third kappa shape index (κ3) is 4.92. The molecule has 0 N–H and O–H groups in total. The molecule has 0 bridgehead atoms. The van der Waals surface area contributed by atoms with Crippen LogP contribution in [0, 0.1) is 6.92 Å². The monoisotopic (exact) mass is 273 g/mol. The summed E-state index contributed by atoms with van der Waals surface area (Å²) in [5.41, 5.74) is 2.14. The van der Waals surface area contributed by atoms with Crippen molar-refractivity contribution in [2.24, 2.45) is 0 Å². The number of hydrogen-bond donors (Lipinski definition) is 0. The Morgan fingerprint density at radius 3 is 2.40 bits per heavy atom. The maximum absolute atomic E-state index is 5.64. The van der Waals surface area contributed by atoms with Crippen LogP contribution in [0.1, 0.15) is 31.9 Å². The number of ether oxygens (including phenoxy) is 2. The highest BCUT2D eigenvalue weighted by Gasteiger charge is 2.03. The second-order valence-corrected chi connectivity index (χ2v) is 4.00. The van der Waals surface area contributed by atoms with Gasteiger partial charge in [-0.1, -0.05) is 44.2 Å². The minimum Gasteiger partial charge on any atom is -0.493 e. The standard InChI is InChI=1S/C15H17NO2.C2H6/c1-3-17-14-9-15(16-10-12(14)2)18-11-13-7-5-4-6-8-13;1-2/h4-10H,3,11H2,1-2H3;1-2H3. The van der Waals surface area contributed by atoms with Crippen molar-refractivity contribution < 1.29 is 9.47 Å². The molecule has 3 nitrogen and oxygen atoms in total. The first-order valence-electron chi connectivity index (χ1n) is 7.05. The molecule has 0 amide bonds. The molecule has 0 spiro atoms. The predicted octanol–water partition coefficient (Wildman–Crippen LogP) is 4.39. The Bertz CT molecular complexity index is 498. The second-order valence-electron chi connectivity index (χ2n) is 4.00. The normalized spacial score (nSPS) is 9.40. The zero-order chi connectivity index (χ0) is 14.8. The maximum atomic E-state index is 5.64. The van der Waals surface area contributed by atoms with Crippen molar-refractivity contribution in [2.75, 3.05) is 6.61 Å². The van der Waals surface area contributed by atoms with Crippen molar-refractivity contribution in [1.82, 2.24) is 4.98 Å². The zero-order valence-electron chi connectivity index (χ0n) is 12.7. The van der Waals surface area contributed by atoms with Gasteiger partial charge in [-0.15, -0.1) is 0 Å². The summed E-state index contributed by atoms with van der Waals surface area (Å²) in [7, 11) is 0. The smallest absolute Gasteiger partial charge is 0.217 e. The number of pyridine rings is 1. The molecule has 2 aromatic rings. The molecule has 0 unspecified atom stereocenters. The Balaban J connectivity index is 0.000000956. The summed E-state index contributed by atoms with van der Waals surface area (Å²) in [6.07, 6.45) is 1.77. The van der Waals surface area contributed by atoms with E-state index < -0.39 is 0 Å². The van der Waals surface area contributed by atoms with Crippen molar-refractivity contribution in [3.05, 3.63) is 53.7 Å². The van der Waals surface area contributed by atoms with E-state index in [0.717, 1.165) is 16.9 Å². The fourth-order valence-corrected chi connectivity index (χ4v) is 1.61. The number of hydrogen-bond acceptors (Lipinski definition) is 3. The van der Waals surface area contributed by atoms with E-state index in [0.29, 0.717) is 19.1 Å². The van der Waals surface area contributed by atoms with Crippen LogP contribution in [-0.4, -0.2) is 11.6 Å². The van der Waals surface area contributed by atoms with Crippen LogP contribution in [0.5, 0.6) is 11.6 Å². The Hall–Kier alpha value is -2.03. The molecule has 1 aromatic carbocycles. The summed E-state index contributed by atoms with van der Waals surface area (Å²) in [6, 6.07) is 11.9. The van der Waals surface area contributed by atoms with Gasteiger partial charge in [0.1, 0.15) is 12.4 Å². The van der Waals surface area contributed by atoms with E-state index >= 15 is 0 Å². The number of aromatic nitrogens is 1. The largest absolute Gasteiger partial charge is 0.493 e. The van der Waals surface area contributed by atoms with Crippen LogP contribution in [0.25, 0.3) is 0 Å². The van der Waals surface area contributed by atoms with E-state index in [-0.39, 0.29) is 0 Å². The van der Waals surface area contributed by atoms with Crippen LogP contribution in [-0.2, 0) is 6.61 Å².